The first kappa shape index (κ1) is 11.9. The standard InChI is InChI=1S/C15H19Br/c1-12(5-4-10-16)14-8-3-9-15(11-14)13-6-2-7-13/h3,5,8-9,11,13H,2,4,6-7,10H2,1H3/b12-5-. The number of hydrogen-bond acceptors (Lipinski definition) is 0. The van der Waals surface area contributed by atoms with Crippen LogP contribution in [0.3, 0.4) is 0 Å². The lowest BCUT2D eigenvalue weighted by Crippen LogP contribution is -2.08. The van der Waals surface area contributed by atoms with Gasteiger partial charge in [-0.2, -0.15) is 0 Å². The number of hydrogen-bond donors (Lipinski definition) is 0. The van der Waals surface area contributed by atoms with Crippen molar-refractivity contribution in [3.63, 3.8) is 0 Å². The van der Waals surface area contributed by atoms with Gasteiger partial charge in [0.15, 0.2) is 0 Å². The molecular formula is C15H19Br. The van der Waals surface area contributed by atoms with Gasteiger partial charge in [0.05, 0.1) is 0 Å². The number of allylic oxidation sites excluding steroid dienone is 2. The summed E-state index contributed by atoms with van der Waals surface area (Å²) in [6.45, 7) is 2.21. The molecule has 1 aromatic carbocycles. The van der Waals surface area contributed by atoms with Crippen LogP contribution in [-0.4, -0.2) is 5.33 Å². The molecular weight excluding hydrogens is 260 g/mol. The number of halogens is 1. The molecule has 0 aromatic heterocycles. The molecule has 0 spiro atoms. The molecule has 0 N–H and O–H groups in total. The van der Waals surface area contributed by atoms with E-state index in [0.29, 0.717) is 0 Å². The highest BCUT2D eigenvalue weighted by atomic mass is 79.9. The summed E-state index contributed by atoms with van der Waals surface area (Å²) in [5, 5.41) is 1.05. The monoisotopic (exact) mass is 278 g/mol. The van der Waals surface area contributed by atoms with E-state index in [0.717, 1.165) is 17.7 Å². The minimum atomic E-state index is 0.837. The molecule has 1 aliphatic carbocycles. The number of rotatable bonds is 4. The summed E-state index contributed by atoms with van der Waals surface area (Å²) in [5.41, 5.74) is 4.33. The summed E-state index contributed by atoms with van der Waals surface area (Å²) in [4.78, 5) is 0. The average Bonchev–Trinajstić information content (AvgIpc) is 2.24. The maximum Gasteiger partial charge on any atom is 0.00661 e. The maximum absolute atomic E-state index is 3.46. The first-order chi connectivity index (χ1) is 7.81. The normalized spacial score (nSPS) is 17.2. The molecule has 16 heavy (non-hydrogen) atoms. The van der Waals surface area contributed by atoms with E-state index in [1.165, 1.54) is 36.0 Å². The van der Waals surface area contributed by atoms with E-state index >= 15 is 0 Å². The predicted molar refractivity (Wildman–Crippen MR) is 75.1 cm³/mol. The quantitative estimate of drug-likeness (QED) is 0.669. The van der Waals surface area contributed by atoms with Crippen LogP contribution in [0.4, 0.5) is 0 Å². The zero-order valence-corrected chi connectivity index (χ0v) is 11.5. The molecule has 0 saturated heterocycles. The van der Waals surface area contributed by atoms with Crippen LogP contribution in [0, 0.1) is 0 Å². The molecule has 0 radical (unpaired) electrons. The molecule has 86 valence electrons. The van der Waals surface area contributed by atoms with E-state index in [1.54, 1.807) is 0 Å². The van der Waals surface area contributed by atoms with Crippen LogP contribution in [0.15, 0.2) is 30.3 Å². The zero-order valence-electron chi connectivity index (χ0n) is 9.88. The summed E-state index contributed by atoms with van der Waals surface area (Å²) in [7, 11) is 0. The van der Waals surface area contributed by atoms with Crippen LogP contribution in [0.1, 0.15) is 49.7 Å². The molecule has 1 saturated carbocycles. The van der Waals surface area contributed by atoms with Crippen LogP contribution in [0.2, 0.25) is 0 Å². The van der Waals surface area contributed by atoms with Gasteiger partial charge in [-0.15, -0.1) is 0 Å². The van der Waals surface area contributed by atoms with Gasteiger partial charge in [0, 0.05) is 5.33 Å². The van der Waals surface area contributed by atoms with Crippen molar-refractivity contribution >= 4 is 21.5 Å². The van der Waals surface area contributed by atoms with Crippen molar-refractivity contribution in [3.05, 3.63) is 41.5 Å². The smallest absolute Gasteiger partial charge is 0.00661 e. The predicted octanol–water partition coefficient (Wildman–Crippen LogP) is 5.14. The van der Waals surface area contributed by atoms with E-state index in [1.807, 2.05) is 0 Å². The van der Waals surface area contributed by atoms with Crippen molar-refractivity contribution in [3.8, 4) is 0 Å². The van der Waals surface area contributed by atoms with E-state index in [9.17, 15) is 0 Å². The summed E-state index contributed by atoms with van der Waals surface area (Å²) in [6.07, 6.45) is 7.60. The van der Waals surface area contributed by atoms with Gasteiger partial charge >= 0.3 is 0 Å². The maximum atomic E-state index is 3.46. The fourth-order valence-corrected chi connectivity index (χ4v) is 2.40. The van der Waals surface area contributed by atoms with E-state index in [-0.39, 0.29) is 0 Å². The summed E-state index contributed by atoms with van der Waals surface area (Å²) >= 11 is 3.46. The summed E-state index contributed by atoms with van der Waals surface area (Å²) < 4.78 is 0. The van der Waals surface area contributed by atoms with Crippen molar-refractivity contribution < 1.29 is 0 Å². The third kappa shape index (κ3) is 2.76. The second kappa shape index (κ2) is 5.67. The second-order valence-corrected chi connectivity index (χ2v) is 5.41. The largest absolute Gasteiger partial charge is 0.0925 e. The molecule has 0 bridgehead atoms. The van der Waals surface area contributed by atoms with Gasteiger partial charge in [-0.25, -0.2) is 0 Å². The first-order valence-electron chi connectivity index (χ1n) is 6.14. The van der Waals surface area contributed by atoms with Crippen LogP contribution in [0.25, 0.3) is 5.57 Å². The molecule has 0 heterocycles. The van der Waals surface area contributed by atoms with Gasteiger partial charge in [0.25, 0.3) is 0 Å². The molecule has 2 rings (SSSR count). The highest BCUT2D eigenvalue weighted by Gasteiger charge is 2.19. The lowest BCUT2D eigenvalue weighted by molar-refractivity contribution is 0.419. The molecule has 0 atom stereocenters. The SMILES string of the molecule is C/C(=C/CCBr)c1cccc(C2CCC2)c1. The van der Waals surface area contributed by atoms with Gasteiger partial charge in [-0.05, 0) is 48.8 Å². The molecule has 1 fully saturated rings. The average molecular weight is 279 g/mol. The Bertz CT molecular complexity index is 375. The Morgan fingerprint density at radius 1 is 1.44 bits per heavy atom. The summed E-state index contributed by atoms with van der Waals surface area (Å²) in [5.74, 6) is 0.837. The number of alkyl halides is 1. The van der Waals surface area contributed by atoms with E-state index < -0.39 is 0 Å². The molecule has 0 amide bonds. The van der Waals surface area contributed by atoms with Crippen LogP contribution in [-0.2, 0) is 0 Å². The van der Waals surface area contributed by atoms with Crippen molar-refractivity contribution in [1.82, 2.24) is 0 Å². The molecule has 1 aliphatic rings. The third-order valence-electron chi connectivity index (χ3n) is 3.48. The Labute approximate surface area is 107 Å². The van der Waals surface area contributed by atoms with E-state index in [2.05, 4.69) is 53.2 Å². The third-order valence-corrected chi connectivity index (χ3v) is 3.94. The van der Waals surface area contributed by atoms with Crippen LogP contribution < -0.4 is 0 Å². The van der Waals surface area contributed by atoms with Gasteiger partial charge < -0.3 is 0 Å². The lowest BCUT2D eigenvalue weighted by Gasteiger charge is -2.26. The van der Waals surface area contributed by atoms with Gasteiger partial charge in [-0.3, -0.25) is 0 Å². The van der Waals surface area contributed by atoms with E-state index in [4.69, 9.17) is 0 Å². The van der Waals surface area contributed by atoms with Crippen molar-refractivity contribution in [2.45, 2.75) is 38.5 Å². The van der Waals surface area contributed by atoms with Gasteiger partial charge in [0.2, 0.25) is 0 Å². The minimum Gasteiger partial charge on any atom is -0.0925 e. The van der Waals surface area contributed by atoms with Gasteiger partial charge in [0.1, 0.15) is 0 Å². The molecule has 1 heteroatoms. The van der Waals surface area contributed by atoms with Crippen molar-refractivity contribution in [1.29, 1.82) is 0 Å². The van der Waals surface area contributed by atoms with Crippen molar-refractivity contribution in [2.75, 3.05) is 5.33 Å². The minimum absolute atomic E-state index is 0.837. The molecule has 1 aromatic rings. The highest BCUT2D eigenvalue weighted by molar-refractivity contribution is 9.09. The fourth-order valence-electron chi connectivity index (χ4n) is 2.17. The second-order valence-electron chi connectivity index (χ2n) is 4.62. The van der Waals surface area contributed by atoms with Crippen LogP contribution in [0.5, 0.6) is 0 Å². The Balaban J connectivity index is 2.14. The Morgan fingerprint density at radius 2 is 2.25 bits per heavy atom. The van der Waals surface area contributed by atoms with Gasteiger partial charge in [-0.1, -0.05) is 52.7 Å². The Morgan fingerprint density at radius 3 is 2.88 bits per heavy atom. The van der Waals surface area contributed by atoms with Crippen LogP contribution >= 0.6 is 15.9 Å². The molecule has 0 aliphatic heterocycles. The molecule has 0 unspecified atom stereocenters. The topological polar surface area (TPSA) is 0 Å². The fraction of sp³-hybridized carbons (Fsp3) is 0.467. The lowest BCUT2D eigenvalue weighted by atomic mass is 9.79. The molecule has 0 nitrogen and oxygen atoms in total. The first-order valence-corrected chi connectivity index (χ1v) is 7.26. The van der Waals surface area contributed by atoms with Crippen molar-refractivity contribution in [2.24, 2.45) is 0 Å². The Hall–Kier alpha value is -0.560. The summed E-state index contributed by atoms with van der Waals surface area (Å²) in [6, 6.07) is 9.09. The zero-order chi connectivity index (χ0) is 11.4. The number of benzene rings is 1. The Kier molecular flexibility index (Phi) is 4.22. The highest BCUT2D eigenvalue weighted by Crippen LogP contribution is 2.37.